The zero-order valence-corrected chi connectivity index (χ0v) is 21.0. The number of nitrogens with zero attached hydrogens (tertiary/aromatic N) is 1. The molecule has 0 atom stereocenters. The highest BCUT2D eigenvalue weighted by Gasteiger charge is 2.12. The van der Waals surface area contributed by atoms with Gasteiger partial charge in [-0.3, -0.25) is 14.4 Å². The summed E-state index contributed by atoms with van der Waals surface area (Å²) in [6.45, 7) is 2.25. The monoisotopic (exact) mass is 502 g/mol. The fraction of sp³-hybridized carbons (Fsp3) is 0.0968. The van der Waals surface area contributed by atoms with Gasteiger partial charge in [0.2, 0.25) is 0 Å². The standard InChI is InChI=1S/C31H26N4O3/c1-20-9-10-26(30(37)34-19-22-6-3-7-25(15-22)29(36)33-2)17-28(20)23-11-13-24(14-12-23)31(38)35-27-8-4-5-21(16-27)18-32/h3-17H,19H2,1-2H3,(H,33,36)(H,34,37)(H,35,38). The number of carbonyl (C=O) groups excluding carboxylic acids is 3. The van der Waals surface area contributed by atoms with E-state index in [1.165, 1.54) is 0 Å². The van der Waals surface area contributed by atoms with E-state index < -0.39 is 0 Å². The molecule has 4 aromatic carbocycles. The lowest BCUT2D eigenvalue weighted by Crippen LogP contribution is -2.23. The average molecular weight is 503 g/mol. The van der Waals surface area contributed by atoms with Gasteiger partial charge >= 0.3 is 0 Å². The van der Waals surface area contributed by atoms with E-state index in [0.29, 0.717) is 27.9 Å². The Morgan fingerprint density at radius 3 is 2.21 bits per heavy atom. The van der Waals surface area contributed by atoms with Crippen molar-refractivity contribution in [3.8, 4) is 17.2 Å². The van der Waals surface area contributed by atoms with E-state index in [-0.39, 0.29) is 24.3 Å². The third-order valence-corrected chi connectivity index (χ3v) is 6.08. The third-order valence-electron chi connectivity index (χ3n) is 6.08. The minimum atomic E-state index is -0.281. The molecule has 4 rings (SSSR count). The Balaban J connectivity index is 1.46. The number of rotatable bonds is 7. The molecule has 38 heavy (non-hydrogen) atoms. The molecule has 0 radical (unpaired) electrons. The van der Waals surface area contributed by atoms with E-state index in [1.54, 1.807) is 67.7 Å². The van der Waals surface area contributed by atoms with Crippen LogP contribution in [0.4, 0.5) is 5.69 Å². The van der Waals surface area contributed by atoms with Gasteiger partial charge in [0.05, 0.1) is 11.6 Å². The smallest absolute Gasteiger partial charge is 0.255 e. The van der Waals surface area contributed by atoms with Crippen LogP contribution in [0, 0.1) is 18.3 Å². The van der Waals surface area contributed by atoms with Gasteiger partial charge in [-0.15, -0.1) is 0 Å². The first-order chi connectivity index (χ1) is 18.4. The largest absolute Gasteiger partial charge is 0.355 e. The number of amides is 3. The van der Waals surface area contributed by atoms with Gasteiger partial charge in [0.1, 0.15) is 0 Å². The second-order valence-corrected chi connectivity index (χ2v) is 8.72. The Bertz CT molecular complexity index is 1550. The zero-order chi connectivity index (χ0) is 27.1. The van der Waals surface area contributed by atoms with Crippen molar-refractivity contribution in [2.75, 3.05) is 12.4 Å². The SMILES string of the molecule is CNC(=O)c1cccc(CNC(=O)c2ccc(C)c(-c3ccc(C(=O)Nc4cccc(C#N)c4)cc3)c2)c1. The molecule has 7 heteroatoms. The summed E-state index contributed by atoms with van der Waals surface area (Å²) in [5, 5.41) is 17.3. The van der Waals surface area contributed by atoms with E-state index in [1.807, 2.05) is 37.3 Å². The molecule has 188 valence electrons. The van der Waals surface area contributed by atoms with Crippen LogP contribution in [0.15, 0.2) is 91.0 Å². The maximum atomic E-state index is 12.9. The van der Waals surface area contributed by atoms with Crippen molar-refractivity contribution in [1.82, 2.24) is 10.6 Å². The van der Waals surface area contributed by atoms with E-state index >= 15 is 0 Å². The molecule has 0 aromatic heterocycles. The summed E-state index contributed by atoms with van der Waals surface area (Å²) in [4.78, 5) is 37.4. The fourth-order valence-electron chi connectivity index (χ4n) is 4.00. The number of benzene rings is 4. The quantitative estimate of drug-likeness (QED) is 0.327. The lowest BCUT2D eigenvalue weighted by molar-refractivity contribution is 0.0948. The van der Waals surface area contributed by atoms with Crippen molar-refractivity contribution in [2.45, 2.75) is 13.5 Å². The van der Waals surface area contributed by atoms with Gasteiger partial charge in [0, 0.05) is 36.0 Å². The van der Waals surface area contributed by atoms with Crippen molar-refractivity contribution in [2.24, 2.45) is 0 Å². The van der Waals surface area contributed by atoms with Crippen LogP contribution in [-0.4, -0.2) is 24.8 Å². The van der Waals surface area contributed by atoms with E-state index in [9.17, 15) is 14.4 Å². The van der Waals surface area contributed by atoms with Crippen molar-refractivity contribution >= 4 is 23.4 Å². The highest BCUT2D eigenvalue weighted by molar-refractivity contribution is 6.04. The molecular formula is C31H26N4O3. The summed E-state index contributed by atoms with van der Waals surface area (Å²) in [7, 11) is 1.57. The molecule has 7 nitrogen and oxygen atoms in total. The molecule has 0 aliphatic rings. The second kappa shape index (κ2) is 11.7. The predicted molar refractivity (Wildman–Crippen MR) is 147 cm³/mol. The lowest BCUT2D eigenvalue weighted by Gasteiger charge is -2.11. The first-order valence-electron chi connectivity index (χ1n) is 12.0. The summed E-state index contributed by atoms with van der Waals surface area (Å²) >= 11 is 0. The molecule has 3 N–H and O–H groups in total. The number of nitrogens with one attached hydrogen (secondary N) is 3. The van der Waals surface area contributed by atoms with Crippen LogP contribution in [-0.2, 0) is 6.54 Å². The maximum Gasteiger partial charge on any atom is 0.255 e. The maximum absolute atomic E-state index is 12.9. The lowest BCUT2D eigenvalue weighted by atomic mass is 9.97. The number of hydrogen-bond acceptors (Lipinski definition) is 4. The molecular weight excluding hydrogens is 476 g/mol. The molecule has 3 amide bonds. The number of carbonyl (C=O) groups is 3. The molecule has 0 saturated heterocycles. The molecule has 0 heterocycles. The molecule has 0 unspecified atom stereocenters. The first-order valence-corrected chi connectivity index (χ1v) is 12.0. The highest BCUT2D eigenvalue weighted by atomic mass is 16.2. The van der Waals surface area contributed by atoms with Gasteiger partial charge < -0.3 is 16.0 Å². The fourth-order valence-corrected chi connectivity index (χ4v) is 4.00. The summed E-state index contributed by atoms with van der Waals surface area (Å²) in [6.07, 6.45) is 0. The van der Waals surface area contributed by atoms with Crippen molar-refractivity contribution in [1.29, 1.82) is 5.26 Å². The van der Waals surface area contributed by atoms with E-state index in [4.69, 9.17) is 5.26 Å². The Kier molecular flexibility index (Phi) is 7.95. The van der Waals surface area contributed by atoms with Crippen molar-refractivity contribution in [3.05, 3.63) is 124 Å². The molecule has 0 saturated carbocycles. The van der Waals surface area contributed by atoms with Gasteiger partial charge in [0.15, 0.2) is 0 Å². The summed E-state index contributed by atoms with van der Waals surface area (Å²) in [5.41, 5.74) is 6.10. The van der Waals surface area contributed by atoms with Crippen molar-refractivity contribution in [3.63, 3.8) is 0 Å². The van der Waals surface area contributed by atoms with Crippen LogP contribution in [0.3, 0.4) is 0 Å². The van der Waals surface area contributed by atoms with Crippen LogP contribution in [0.2, 0.25) is 0 Å². The number of hydrogen-bond donors (Lipinski definition) is 3. The van der Waals surface area contributed by atoms with Crippen LogP contribution in [0.5, 0.6) is 0 Å². The zero-order valence-electron chi connectivity index (χ0n) is 21.0. The second-order valence-electron chi connectivity index (χ2n) is 8.72. The van der Waals surface area contributed by atoms with Crippen LogP contribution < -0.4 is 16.0 Å². The van der Waals surface area contributed by atoms with E-state index in [0.717, 1.165) is 22.3 Å². The molecule has 0 fully saturated rings. The minimum Gasteiger partial charge on any atom is -0.355 e. The third kappa shape index (κ3) is 6.12. The van der Waals surface area contributed by atoms with Gasteiger partial charge in [-0.2, -0.15) is 5.26 Å². The molecule has 0 bridgehead atoms. The normalized spacial score (nSPS) is 10.2. The molecule has 0 aliphatic carbocycles. The minimum absolute atomic E-state index is 0.182. The Hall–Kier alpha value is -5.22. The van der Waals surface area contributed by atoms with Crippen molar-refractivity contribution < 1.29 is 14.4 Å². The summed E-state index contributed by atoms with van der Waals surface area (Å²) in [5.74, 6) is -0.692. The van der Waals surface area contributed by atoms with Gasteiger partial charge in [-0.05, 0) is 83.8 Å². The highest BCUT2D eigenvalue weighted by Crippen LogP contribution is 2.25. The predicted octanol–water partition coefficient (Wildman–Crippen LogP) is 5.08. The summed E-state index contributed by atoms with van der Waals surface area (Å²) in [6, 6.07) is 28.5. The Morgan fingerprint density at radius 2 is 1.47 bits per heavy atom. The van der Waals surface area contributed by atoms with Crippen LogP contribution in [0.25, 0.3) is 11.1 Å². The van der Waals surface area contributed by atoms with Crippen LogP contribution in [0.1, 0.15) is 47.8 Å². The Labute approximate surface area is 221 Å². The molecule has 0 aliphatic heterocycles. The molecule has 0 spiro atoms. The first kappa shape index (κ1) is 25.9. The average Bonchev–Trinajstić information content (AvgIpc) is 2.96. The number of nitriles is 1. The topological polar surface area (TPSA) is 111 Å². The van der Waals surface area contributed by atoms with Crippen LogP contribution >= 0.6 is 0 Å². The van der Waals surface area contributed by atoms with E-state index in [2.05, 4.69) is 22.0 Å². The number of aryl methyl sites for hydroxylation is 1. The number of anilines is 1. The van der Waals surface area contributed by atoms with Gasteiger partial charge in [0.25, 0.3) is 17.7 Å². The molecule has 4 aromatic rings. The summed E-state index contributed by atoms with van der Waals surface area (Å²) < 4.78 is 0. The van der Waals surface area contributed by atoms with Gasteiger partial charge in [-0.25, -0.2) is 0 Å². The Morgan fingerprint density at radius 1 is 0.763 bits per heavy atom. The van der Waals surface area contributed by atoms with Gasteiger partial charge in [-0.1, -0.05) is 36.4 Å².